The van der Waals surface area contributed by atoms with Crippen molar-refractivity contribution in [3.63, 3.8) is 0 Å². The molecule has 1 aromatic carbocycles. The van der Waals surface area contributed by atoms with E-state index in [1.165, 1.54) is 11.1 Å². The number of anilines is 1. The number of unbranched alkanes of at least 4 members (excludes halogenated alkanes) is 1. The minimum Gasteiger partial charge on any atom is -0.472 e. The van der Waals surface area contributed by atoms with E-state index in [1.807, 2.05) is 13.8 Å². The van der Waals surface area contributed by atoms with E-state index in [0.29, 0.717) is 29.8 Å². The number of aliphatic hydroxyl groups excluding tert-OH is 1. The SMILES string of the molecule is CCCCc1nc2c(N)nnc(OC(C)C)c2n1Cc1ccc(CNC2CC(O)C2)cc1.Cl.Cl. The molecule has 8 nitrogen and oxygen atoms in total. The van der Waals surface area contributed by atoms with E-state index in [1.54, 1.807) is 0 Å². The Morgan fingerprint density at radius 2 is 1.82 bits per heavy atom. The predicted octanol–water partition coefficient (Wildman–Crippen LogP) is 4.04. The van der Waals surface area contributed by atoms with Crippen LogP contribution in [0, 0.1) is 0 Å². The molecule has 34 heavy (non-hydrogen) atoms. The summed E-state index contributed by atoms with van der Waals surface area (Å²) < 4.78 is 8.14. The van der Waals surface area contributed by atoms with Gasteiger partial charge in [0, 0.05) is 25.6 Å². The van der Waals surface area contributed by atoms with Crippen molar-refractivity contribution >= 4 is 41.7 Å². The Labute approximate surface area is 213 Å². The number of rotatable bonds is 10. The van der Waals surface area contributed by atoms with Gasteiger partial charge in [0.15, 0.2) is 5.82 Å². The van der Waals surface area contributed by atoms with Gasteiger partial charge in [-0.2, -0.15) is 0 Å². The molecule has 3 aromatic rings. The highest BCUT2D eigenvalue weighted by atomic mass is 35.5. The predicted molar refractivity (Wildman–Crippen MR) is 140 cm³/mol. The molecular weight excluding hydrogens is 475 g/mol. The van der Waals surface area contributed by atoms with Crippen molar-refractivity contribution < 1.29 is 9.84 Å². The van der Waals surface area contributed by atoms with Gasteiger partial charge in [0.05, 0.1) is 12.2 Å². The van der Waals surface area contributed by atoms with Gasteiger partial charge in [-0.15, -0.1) is 35.0 Å². The van der Waals surface area contributed by atoms with E-state index in [0.717, 1.165) is 50.0 Å². The summed E-state index contributed by atoms with van der Waals surface area (Å²) in [5, 5.41) is 21.2. The van der Waals surface area contributed by atoms with Crippen LogP contribution in [0.4, 0.5) is 5.82 Å². The summed E-state index contributed by atoms with van der Waals surface area (Å²) in [6.45, 7) is 7.59. The number of ether oxygens (including phenoxy) is 1. The Morgan fingerprint density at radius 1 is 1.15 bits per heavy atom. The molecule has 1 aliphatic carbocycles. The van der Waals surface area contributed by atoms with Gasteiger partial charge < -0.3 is 25.5 Å². The number of aromatic nitrogens is 4. The molecule has 0 spiro atoms. The second-order valence-electron chi connectivity index (χ2n) is 8.99. The quantitative estimate of drug-likeness (QED) is 0.377. The smallest absolute Gasteiger partial charge is 0.260 e. The molecule has 10 heteroatoms. The Balaban J connectivity index is 0.00000204. The third kappa shape index (κ3) is 6.50. The molecule has 1 saturated carbocycles. The van der Waals surface area contributed by atoms with Crippen molar-refractivity contribution in [3.8, 4) is 5.88 Å². The maximum Gasteiger partial charge on any atom is 0.260 e. The van der Waals surface area contributed by atoms with Gasteiger partial charge >= 0.3 is 0 Å². The number of benzene rings is 1. The van der Waals surface area contributed by atoms with Crippen molar-refractivity contribution in [2.45, 2.75) is 84.2 Å². The van der Waals surface area contributed by atoms with E-state index in [4.69, 9.17) is 15.5 Å². The largest absolute Gasteiger partial charge is 0.472 e. The number of aryl methyl sites for hydroxylation is 1. The number of nitrogen functional groups attached to an aromatic ring is 1. The fourth-order valence-electron chi connectivity index (χ4n) is 4.05. The van der Waals surface area contributed by atoms with Crippen LogP contribution >= 0.6 is 24.8 Å². The van der Waals surface area contributed by atoms with Gasteiger partial charge in [0.25, 0.3) is 5.88 Å². The fraction of sp³-hybridized carbons (Fsp3) is 0.542. The lowest BCUT2D eigenvalue weighted by atomic mass is 9.89. The van der Waals surface area contributed by atoms with Gasteiger partial charge in [-0.05, 0) is 44.2 Å². The number of nitrogens with two attached hydrogens (primary N) is 1. The van der Waals surface area contributed by atoms with Crippen LogP contribution in [0.3, 0.4) is 0 Å². The molecular formula is C24H36Cl2N6O2. The van der Waals surface area contributed by atoms with E-state index in [2.05, 4.69) is 51.3 Å². The number of imidazole rings is 1. The van der Waals surface area contributed by atoms with Crippen LogP contribution in [0.5, 0.6) is 5.88 Å². The molecule has 1 fully saturated rings. The summed E-state index contributed by atoms with van der Waals surface area (Å²) >= 11 is 0. The molecule has 0 bridgehead atoms. The molecule has 1 aliphatic rings. The highest BCUT2D eigenvalue weighted by molar-refractivity contribution is 5.88. The lowest BCUT2D eigenvalue weighted by Gasteiger charge is -2.32. The third-order valence-corrected chi connectivity index (χ3v) is 5.91. The first-order valence-corrected chi connectivity index (χ1v) is 11.6. The maximum absolute atomic E-state index is 9.44. The molecule has 2 aromatic heterocycles. The van der Waals surface area contributed by atoms with Crippen molar-refractivity contribution in [3.05, 3.63) is 41.2 Å². The zero-order valence-corrected chi connectivity index (χ0v) is 21.7. The molecule has 2 heterocycles. The standard InChI is InChI=1S/C24H34N6O2.2ClH/c1-4-5-6-20-27-21-22(24(32-15(2)3)29-28-23(21)25)30(20)14-17-9-7-16(8-10-17)13-26-18-11-19(31)12-18;;/h7-10,15,18-19,26,31H,4-6,11-14H2,1-3H3,(H2,25,28);2*1H. The topological polar surface area (TPSA) is 111 Å². The zero-order chi connectivity index (χ0) is 22.7. The van der Waals surface area contributed by atoms with Crippen LogP contribution < -0.4 is 15.8 Å². The van der Waals surface area contributed by atoms with Crippen LogP contribution in [0.25, 0.3) is 11.0 Å². The maximum atomic E-state index is 9.44. The van der Waals surface area contributed by atoms with E-state index in [9.17, 15) is 5.11 Å². The second-order valence-corrected chi connectivity index (χ2v) is 8.99. The number of nitrogens with zero attached hydrogens (tertiary/aromatic N) is 4. The molecule has 0 amide bonds. The number of hydrogen-bond acceptors (Lipinski definition) is 7. The number of nitrogens with one attached hydrogen (secondary N) is 1. The Hall–Kier alpha value is -2.13. The van der Waals surface area contributed by atoms with Crippen molar-refractivity contribution in [1.82, 2.24) is 25.1 Å². The third-order valence-electron chi connectivity index (χ3n) is 5.91. The summed E-state index contributed by atoms with van der Waals surface area (Å²) in [5.74, 6) is 1.78. The molecule has 188 valence electrons. The number of hydrogen-bond donors (Lipinski definition) is 3. The van der Waals surface area contributed by atoms with Gasteiger partial charge in [-0.1, -0.05) is 37.6 Å². The number of aliphatic hydroxyl groups is 1. The molecule has 0 aliphatic heterocycles. The van der Waals surface area contributed by atoms with Crippen LogP contribution in [0.2, 0.25) is 0 Å². The molecule has 0 radical (unpaired) electrons. The number of fused-ring (bicyclic) bond motifs is 1. The normalized spacial score (nSPS) is 17.2. The average molecular weight is 511 g/mol. The first-order valence-electron chi connectivity index (χ1n) is 11.6. The average Bonchev–Trinajstić information content (AvgIpc) is 3.11. The highest BCUT2D eigenvalue weighted by Crippen LogP contribution is 2.29. The van der Waals surface area contributed by atoms with Crippen molar-refractivity contribution in [2.24, 2.45) is 0 Å². The van der Waals surface area contributed by atoms with Crippen LogP contribution in [-0.4, -0.2) is 43.1 Å². The molecule has 4 N–H and O–H groups in total. The van der Waals surface area contributed by atoms with Crippen molar-refractivity contribution in [2.75, 3.05) is 5.73 Å². The van der Waals surface area contributed by atoms with Gasteiger partial charge in [-0.25, -0.2) is 4.98 Å². The Bertz CT molecular complexity index is 1050. The van der Waals surface area contributed by atoms with Gasteiger partial charge in [-0.3, -0.25) is 0 Å². The van der Waals surface area contributed by atoms with Crippen LogP contribution in [0.15, 0.2) is 24.3 Å². The summed E-state index contributed by atoms with van der Waals surface area (Å²) in [7, 11) is 0. The minimum atomic E-state index is -0.134. The lowest BCUT2D eigenvalue weighted by Crippen LogP contribution is -2.43. The number of halogens is 2. The highest BCUT2D eigenvalue weighted by Gasteiger charge is 2.26. The monoisotopic (exact) mass is 510 g/mol. The van der Waals surface area contributed by atoms with Gasteiger partial charge in [0.2, 0.25) is 0 Å². The van der Waals surface area contributed by atoms with Crippen molar-refractivity contribution in [1.29, 1.82) is 0 Å². The summed E-state index contributed by atoms with van der Waals surface area (Å²) in [6.07, 6.45) is 4.53. The minimum absolute atomic E-state index is 0. The summed E-state index contributed by atoms with van der Waals surface area (Å²) in [4.78, 5) is 4.83. The summed E-state index contributed by atoms with van der Waals surface area (Å²) in [6, 6.07) is 9.05. The fourth-order valence-corrected chi connectivity index (χ4v) is 4.05. The Kier molecular flexibility index (Phi) is 10.4. The lowest BCUT2D eigenvalue weighted by molar-refractivity contribution is 0.0619. The molecule has 4 rings (SSSR count). The van der Waals surface area contributed by atoms with Crippen LogP contribution in [-0.2, 0) is 19.5 Å². The molecule has 0 atom stereocenters. The van der Waals surface area contributed by atoms with Crippen LogP contribution in [0.1, 0.15) is 63.4 Å². The summed E-state index contributed by atoms with van der Waals surface area (Å²) in [5.41, 5.74) is 10.0. The zero-order valence-electron chi connectivity index (χ0n) is 20.0. The molecule has 0 saturated heterocycles. The first-order chi connectivity index (χ1) is 15.4. The van der Waals surface area contributed by atoms with E-state index >= 15 is 0 Å². The molecule has 0 unspecified atom stereocenters. The second kappa shape index (κ2) is 12.5. The van der Waals surface area contributed by atoms with Gasteiger partial charge in [0.1, 0.15) is 16.9 Å². The van der Waals surface area contributed by atoms with E-state index < -0.39 is 0 Å². The Morgan fingerprint density at radius 3 is 2.44 bits per heavy atom. The van der Waals surface area contributed by atoms with E-state index in [-0.39, 0.29) is 37.0 Å². The first kappa shape index (κ1) is 28.1.